The molecule has 0 bridgehead atoms. The van der Waals surface area contributed by atoms with E-state index in [2.05, 4.69) is 282 Å². The van der Waals surface area contributed by atoms with E-state index >= 15 is 0 Å². The minimum Gasteiger partial charge on any atom is -0.309 e. The van der Waals surface area contributed by atoms with Gasteiger partial charge in [0.15, 0.2) is 8.07 Å². The van der Waals surface area contributed by atoms with E-state index in [0.29, 0.717) is 0 Å². The molecule has 3 nitrogen and oxygen atoms in total. The molecule has 0 atom stereocenters. The van der Waals surface area contributed by atoms with E-state index in [0.717, 1.165) is 39.4 Å². The summed E-state index contributed by atoms with van der Waals surface area (Å²) in [5.41, 5.74) is 13.4. The zero-order chi connectivity index (χ0) is 45.7. The number of rotatable bonds is 9. The van der Waals surface area contributed by atoms with Gasteiger partial charge in [-0.25, -0.2) is 4.98 Å². The molecule has 0 aliphatic rings. The number of pyridine rings is 1. The molecule has 0 N–H and O–H groups in total. The fraction of sp³-hybridized carbons (Fsp3) is 0. The average Bonchev–Trinajstić information content (AvgIpc) is 3.95. The molecule has 69 heavy (non-hydrogen) atoms. The molecule has 0 spiro atoms. The van der Waals surface area contributed by atoms with E-state index in [1.807, 2.05) is 0 Å². The lowest BCUT2D eigenvalue weighted by Gasteiger charge is -2.34. The first-order chi connectivity index (χ1) is 34.2. The van der Waals surface area contributed by atoms with Gasteiger partial charge in [-0.2, -0.15) is 0 Å². The lowest BCUT2D eigenvalue weighted by molar-refractivity contribution is 1.18. The minimum atomic E-state index is -2.71. The molecule has 3 heterocycles. The molecule has 0 unspecified atom stereocenters. The minimum absolute atomic E-state index is 0.934. The predicted octanol–water partition coefficient (Wildman–Crippen LogP) is 13.7. The number of hydrogen-bond donors (Lipinski definition) is 0. The van der Waals surface area contributed by atoms with Gasteiger partial charge >= 0.3 is 0 Å². The van der Waals surface area contributed by atoms with Crippen molar-refractivity contribution in [1.29, 1.82) is 0 Å². The van der Waals surface area contributed by atoms with Crippen LogP contribution in [0.15, 0.2) is 273 Å². The first kappa shape index (κ1) is 40.4. The molecule has 10 aromatic carbocycles. The standard InChI is InChI=1S/C65H45N3Si/c1-5-22-50(23-6-1)67-62-36-15-13-32-56(62)58-40-38-47(45-65(58)67)46-39-41-64-59(44-46)57-33-14-16-37-63(57)68(64)51-24-17-20-48(42-51)60-34-19-35-61(66-60)49-21-18-31-55(43-49)69(52-25-7-2-8-26-52,53-27-9-3-10-28-53)54-29-11-4-12-30-54/h1-45H. The van der Waals surface area contributed by atoms with Crippen molar-refractivity contribution in [1.82, 2.24) is 14.1 Å². The highest BCUT2D eigenvalue weighted by molar-refractivity contribution is 7.19. The first-order valence-corrected chi connectivity index (χ1v) is 25.7. The second-order valence-electron chi connectivity index (χ2n) is 17.9. The van der Waals surface area contributed by atoms with E-state index < -0.39 is 8.07 Å². The van der Waals surface area contributed by atoms with Crippen molar-refractivity contribution in [3.05, 3.63) is 273 Å². The molecule has 4 heteroatoms. The van der Waals surface area contributed by atoms with Crippen LogP contribution >= 0.6 is 0 Å². The van der Waals surface area contributed by atoms with E-state index in [1.165, 1.54) is 70.0 Å². The molecular weight excluding hydrogens is 851 g/mol. The van der Waals surface area contributed by atoms with Crippen molar-refractivity contribution in [2.45, 2.75) is 0 Å². The van der Waals surface area contributed by atoms with Crippen molar-refractivity contribution < 1.29 is 0 Å². The maximum atomic E-state index is 5.41. The molecule has 13 rings (SSSR count). The van der Waals surface area contributed by atoms with Crippen LogP contribution in [0.25, 0.3) is 88.6 Å². The van der Waals surface area contributed by atoms with Crippen LogP contribution in [0.4, 0.5) is 0 Å². The van der Waals surface area contributed by atoms with E-state index in [4.69, 9.17) is 4.98 Å². The highest BCUT2D eigenvalue weighted by Crippen LogP contribution is 2.39. The SMILES string of the molecule is c1ccc(-n2c3ccccc3c3ccc(-c4ccc5c(c4)c4ccccc4n5-c4cccc(-c5cccc(-c6cccc([Si](c7ccccc7)(c7ccccc7)c7ccccc7)c6)n5)c4)cc32)cc1. The van der Waals surface area contributed by atoms with E-state index in [1.54, 1.807) is 0 Å². The molecular formula is C65H45N3Si. The van der Waals surface area contributed by atoms with Gasteiger partial charge in [-0.3, -0.25) is 0 Å². The van der Waals surface area contributed by atoms with Gasteiger partial charge in [0.1, 0.15) is 0 Å². The van der Waals surface area contributed by atoms with Crippen LogP contribution in [-0.4, -0.2) is 22.2 Å². The fourth-order valence-electron chi connectivity index (χ4n) is 11.0. The number of para-hydroxylation sites is 3. The molecule has 0 fully saturated rings. The Kier molecular flexibility index (Phi) is 9.85. The Balaban J connectivity index is 0.897. The largest absolute Gasteiger partial charge is 0.309 e. The molecule has 0 aliphatic heterocycles. The van der Waals surface area contributed by atoms with Crippen molar-refractivity contribution >= 4 is 72.4 Å². The van der Waals surface area contributed by atoms with Crippen molar-refractivity contribution in [3.8, 4) is 45.0 Å². The first-order valence-electron chi connectivity index (χ1n) is 23.7. The fourth-order valence-corrected chi connectivity index (χ4v) is 15.8. The van der Waals surface area contributed by atoms with Crippen LogP contribution in [-0.2, 0) is 0 Å². The quantitative estimate of drug-likeness (QED) is 0.105. The Morgan fingerprint density at radius 1 is 0.246 bits per heavy atom. The molecule has 0 aliphatic carbocycles. The van der Waals surface area contributed by atoms with Gasteiger partial charge in [-0.05, 0) is 98.6 Å². The average molecular weight is 896 g/mol. The van der Waals surface area contributed by atoms with Crippen LogP contribution in [0.5, 0.6) is 0 Å². The van der Waals surface area contributed by atoms with Gasteiger partial charge < -0.3 is 9.13 Å². The van der Waals surface area contributed by atoms with Crippen molar-refractivity contribution in [2.75, 3.05) is 0 Å². The Labute approximate surface area is 402 Å². The number of fused-ring (bicyclic) bond motifs is 6. The number of aromatic nitrogens is 3. The molecule has 0 saturated heterocycles. The molecule has 0 amide bonds. The summed E-state index contributed by atoms with van der Waals surface area (Å²) >= 11 is 0. The Bertz CT molecular complexity index is 3910. The van der Waals surface area contributed by atoms with Crippen molar-refractivity contribution in [2.24, 2.45) is 0 Å². The summed E-state index contributed by atoms with van der Waals surface area (Å²) in [4.78, 5) is 5.41. The smallest absolute Gasteiger partial charge is 0.179 e. The van der Waals surface area contributed by atoms with E-state index in [-0.39, 0.29) is 0 Å². The number of benzene rings is 10. The van der Waals surface area contributed by atoms with Crippen LogP contribution in [0, 0.1) is 0 Å². The maximum Gasteiger partial charge on any atom is 0.179 e. The van der Waals surface area contributed by atoms with Gasteiger partial charge in [0.05, 0.1) is 33.5 Å². The number of nitrogens with zero attached hydrogens (tertiary/aromatic N) is 3. The van der Waals surface area contributed by atoms with Crippen LogP contribution in [0.1, 0.15) is 0 Å². The molecule has 3 aromatic heterocycles. The lowest BCUT2D eigenvalue weighted by atomic mass is 10.0. The summed E-state index contributed by atoms with van der Waals surface area (Å²) in [5, 5.41) is 10.3. The Morgan fingerprint density at radius 2 is 0.681 bits per heavy atom. The van der Waals surface area contributed by atoms with Crippen molar-refractivity contribution in [3.63, 3.8) is 0 Å². The highest BCUT2D eigenvalue weighted by Gasteiger charge is 2.41. The summed E-state index contributed by atoms with van der Waals surface area (Å²) in [6.07, 6.45) is 0. The van der Waals surface area contributed by atoms with Gasteiger partial charge in [-0.15, -0.1) is 0 Å². The monoisotopic (exact) mass is 895 g/mol. The van der Waals surface area contributed by atoms with Gasteiger partial charge in [0, 0.05) is 44.0 Å². The predicted molar refractivity (Wildman–Crippen MR) is 293 cm³/mol. The third kappa shape index (κ3) is 6.76. The zero-order valence-corrected chi connectivity index (χ0v) is 38.8. The zero-order valence-electron chi connectivity index (χ0n) is 37.8. The van der Waals surface area contributed by atoms with Gasteiger partial charge in [0.25, 0.3) is 0 Å². The summed E-state index contributed by atoms with van der Waals surface area (Å²) < 4.78 is 4.80. The summed E-state index contributed by atoms with van der Waals surface area (Å²) in [6, 6.07) is 99.8. The van der Waals surface area contributed by atoms with Crippen LogP contribution < -0.4 is 20.7 Å². The molecule has 0 radical (unpaired) electrons. The maximum absolute atomic E-state index is 5.41. The van der Waals surface area contributed by atoms with E-state index in [9.17, 15) is 0 Å². The molecule has 324 valence electrons. The second kappa shape index (κ2) is 16.8. The number of hydrogen-bond acceptors (Lipinski definition) is 1. The van der Waals surface area contributed by atoms with Gasteiger partial charge in [-0.1, -0.05) is 206 Å². The van der Waals surface area contributed by atoms with Crippen LogP contribution in [0.3, 0.4) is 0 Å². The third-order valence-corrected chi connectivity index (χ3v) is 18.8. The summed E-state index contributed by atoms with van der Waals surface area (Å²) in [6.45, 7) is 0. The molecule has 13 aromatic rings. The summed E-state index contributed by atoms with van der Waals surface area (Å²) in [7, 11) is -2.71. The highest BCUT2D eigenvalue weighted by atomic mass is 28.3. The molecule has 0 saturated carbocycles. The Hall–Kier alpha value is -8.83. The summed E-state index contributed by atoms with van der Waals surface area (Å²) in [5.74, 6) is 0. The normalized spacial score (nSPS) is 11.8. The topological polar surface area (TPSA) is 22.8 Å². The Morgan fingerprint density at radius 3 is 1.32 bits per heavy atom. The third-order valence-electron chi connectivity index (χ3n) is 14.1. The lowest BCUT2D eigenvalue weighted by Crippen LogP contribution is -2.74. The second-order valence-corrected chi connectivity index (χ2v) is 21.7. The van der Waals surface area contributed by atoms with Crippen LogP contribution in [0.2, 0.25) is 0 Å². The van der Waals surface area contributed by atoms with Gasteiger partial charge in [0.2, 0.25) is 0 Å².